The highest BCUT2D eigenvalue weighted by molar-refractivity contribution is 6.32. The lowest BCUT2D eigenvalue weighted by Gasteiger charge is -2.36. The average molecular weight is 285 g/mol. The maximum atomic E-state index is 11.7. The van der Waals surface area contributed by atoms with Crippen LogP contribution in [0.15, 0.2) is 18.2 Å². The van der Waals surface area contributed by atoms with Crippen LogP contribution in [-0.2, 0) is 0 Å². The summed E-state index contributed by atoms with van der Waals surface area (Å²) in [6.07, 6.45) is 2.48. The molecule has 2 amide bonds. The van der Waals surface area contributed by atoms with Gasteiger partial charge in [-0.2, -0.15) is 0 Å². The summed E-state index contributed by atoms with van der Waals surface area (Å²) < 4.78 is 5.03. The first-order chi connectivity index (χ1) is 9.02. The van der Waals surface area contributed by atoms with Gasteiger partial charge in [0.1, 0.15) is 5.75 Å². The zero-order valence-corrected chi connectivity index (χ0v) is 11.5. The van der Waals surface area contributed by atoms with Gasteiger partial charge in [0.15, 0.2) is 0 Å². The SMILES string of the molecule is COc1ccc(NC(=O)NCC2(O)CCC2)cc1Cl. The molecule has 1 aliphatic rings. The third-order valence-corrected chi connectivity index (χ3v) is 3.57. The molecular formula is C13H17ClN2O3. The van der Waals surface area contributed by atoms with Crippen LogP contribution in [0.5, 0.6) is 5.75 Å². The summed E-state index contributed by atoms with van der Waals surface area (Å²) in [5.74, 6) is 0.552. The van der Waals surface area contributed by atoms with Crippen molar-refractivity contribution in [2.24, 2.45) is 0 Å². The lowest BCUT2D eigenvalue weighted by Crippen LogP contribution is -2.48. The third-order valence-electron chi connectivity index (χ3n) is 3.27. The molecule has 1 fully saturated rings. The molecular weight excluding hydrogens is 268 g/mol. The normalized spacial score (nSPS) is 16.4. The minimum absolute atomic E-state index is 0.267. The Morgan fingerprint density at radius 2 is 2.26 bits per heavy atom. The third kappa shape index (κ3) is 3.52. The average Bonchev–Trinajstić information content (AvgIpc) is 2.34. The molecule has 5 nitrogen and oxygen atoms in total. The zero-order valence-electron chi connectivity index (χ0n) is 10.7. The second kappa shape index (κ2) is 5.67. The number of hydrogen-bond acceptors (Lipinski definition) is 3. The van der Waals surface area contributed by atoms with E-state index < -0.39 is 5.60 Å². The molecule has 3 N–H and O–H groups in total. The van der Waals surface area contributed by atoms with E-state index in [2.05, 4.69) is 10.6 Å². The van der Waals surface area contributed by atoms with E-state index in [0.717, 1.165) is 19.3 Å². The number of ether oxygens (including phenoxy) is 1. The molecule has 1 aliphatic carbocycles. The number of rotatable bonds is 4. The molecule has 0 aromatic heterocycles. The number of methoxy groups -OCH3 is 1. The summed E-state index contributed by atoms with van der Waals surface area (Å²) in [5.41, 5.74) is -0.154. The van der Waals surface area contributed by atoms with Crippen molar-refractivity contribution < 1.29 is 14.6 Å². The summed E-state index contributed by atoms with van der Waals surface area (Å²) >= 11 is 5.96. The predicted octanol–water partition coefficient (Wildman–Crippen LogP) is 2.39. The van der Waals surface area contributed by atoms with Crippen LogP contribution < -0.4 is 15.4 Å². The van der Waals surface area contributed by atoms with Crippen molar-refractivity contribution >= 4 is 23.3 Å². The molecule has 0 aliphatic heterocycles. The van der Waals surface area contributed by atoms with E-state index in [1.165, 1.54) is 7.11 Å². The highest BCUT2D eigenvalue weighted by Gasteiger charge is 2.34. The van der Waals surface area contributed by atoms with Gasteiger partial charge in [0, 0.05) is 12.2 Å². The first-order valence-electron chi connectivity index (χ1n) is 6.13. The van der Waals surface area contributed by atoms with Crippen LogP contribution in [0, 0.1) is 0 Å². The highest BCUT2D eigenvalue weighted by Crippen LogP contribution is 2.30. The van der Waals surface area contributed by atoms with E-state index in [9.17, 15) is 9.90 Å². The Morgan fingerprint density at radius 1 is 1.53 bits per heavy atom. The van der Waals surface area contributed by atoms with Crippen molar-refractivity contribution in [1.29, 1.82) is 0 Å². The van der Waals surface area contributed by atoms with Gasteiger partial charge in [-0.1, -0.05) is 11.6 Å². The number of carbonyl (C=O) groups is 1. The summed E-state index contributed by atoms with van der Waals surface area (Å²) in [6.45, 7) is 0.267. The van der Waals surface area contributed by atoms with Gasteiger partial charge in [-0.05, 0) is 37.5 Å². The Bertz CT molecular complexity index is 475. The van der Waals surface area contributed by atoms with E-state index in [1.807, 2.05) is 0 Å². The Morgan fingerprint density at radius 3 is 2.79 bits per heavy atom. The van der Waals surface area contributed by atoms with E-state index in [-0.39, 0.29) is 12.6 Å². The number of anilines is 1. The van der Waals surface area contributed by atoms with Crippen LogP contribution in [0.2, 0.25) is 5.02 Å². The molecule has 0 bridgehead atoms. The number of urea groups is 1. The molecule has 0 atom stereocenters. The topological polar surface area (TPSA) is 70.6 Å². The van der Waals surface area contributed by atoms with Crippen molar-refractivity contribution in [3.05, 3.63) is 23.2 Å². The maximum absolute atomic E-state index is 11.7. The van der Waals surface area contributed by atoms with Gasteiger partial charge in [0.25, 0.3) is 0 Å². The van der Waals surface area contributed by atoms with Gasteiger partial charge in [0.05, 0.1) is 17.7 Å². The monoisotopic (exact) mass is 284 g/mol. The number of benzene rings is 1. The fourth-order valence-electron chi connectivity index (χ4n) is 1.93. The number of nitrogens with one attached hydrogen (secondary N) is 2. The Kier molecular flexibility index (Phi) is 4.17. The fourth-order valence-corrected chi connectivity index (χ4v) is 2.18. The molecule has 2 rings (SSSR count). The first-order valence-corrected chi connectivity index (χ1v) is 6.51. The minimum atomic E-state index is -0.727. The smallest absolute Gasteiger partial charge is 0.319 e. The summed E-state index contributed by atoms with van der Waals surface area (Å²) in [6, 6.07) is 4.62. The molecule has 1 aromatic rings. The molecule has 6 heteroatoms. The summed E-state index contributed by atoms with van der Waals surface area (Å²) in [7, 11) is 1.53. The second-order valence-corrected chi connectivity index (χ2v) is 5.14. The van der Waals surface area contributed by atoms with Crippen molar-refractivity contribution in [3.8, 4) is 5.75 Å². The Labute approximate surface area is 116 Å². The zero-order chi connectivity index (χ0) is 13.9. The number of amides is 2. The lowest BCUT2D eigenvalue weighted by molar-refractivity contribution is -0.0287. The molecule has 0 radical (unpaired) electrons. The van der Waals surface area contributed by atoms with Crippen LogP contribution >= 0.6 is 11.6 Å². The summed E-state index contributed by atoms with van der Waals surface area (Å²) in [4.78, 5) is 11.7. The van der Waals surface area contributed by atoms with Crippen LogP contribution in [0.3, 0.4) is 0 Å². The largest absolute Gasteiger partial charge is 0.495 e. The fraction of sp³-hybridized carbons (Fsp3) is 0.462. The molecule has 1 saturated carbocycles. The molecule has 104 valence electrons. The first kappa shape index (κ1) is 14.0. The van der Waals surface area contributed by atoms with Crippen LogP contribution in [0.25, 0.3) is 0 Å². The molecule has 0 spiro atoms. The van der Waals surface area contributed by atoms with Gasteiger partial charge in [-0.15, -0.1) is 0 Å². The van der Waals surface area contributed by atoms with Crippen molar-refractivity contribution in [2.75, 3.05) is 19.0 Å². The highest BCUT2D eigenvalue weighted by atomic mass is 35.5. The minimum Gasteiger partial charge on any atom is -0.495 e. The number of hydrogen-bond donors (Lipinski definition) is 3. The number of halogens is 1. The van der Waals surface area contributed by atoms with Gasteiger partial charge in [0.2, 0.25) is 0 Å². The van der Waals surface area contributed by atoms with E-state index >= 15 is 0 Å². The molecule has 0 unspecified atom stereocenters. The summed E-state index contributed by atoms with van der Waals surface area (Å²) in [5, 5.41) is 15.6. The molecule has 0 heterocycles. The van der Waals surface area contributed by atoms with Crippen LogP contribution in [-0.4, -0.2) is 30.4 Å². The quantitative estimate of drug-likeness (QED) is 0.795. The van der Waals surface area contributed by atoms with Crippen LogP contribution in [0.4, 0.5) is 10.5 Å². The van der Waals surface area contributed by atoms with E-state index in [4.69, 9.17) is 16.3 Å². The van der Waals surface area contributed by atoms with Gasteiger partial charge >= 0.3 is 6.03 Å². The van der Waals surface area contributed by atoms with Crippen LogP contribution in [0.1, 0.15) is 19.3 Å². The van der Waals surface area contributed by atoms with Gasteiger partial charge in [-0.25, -0.2) is 4.79 Å². The predicted molar refractivity (Wildman–Crippen MR) is 73.8 cm³/mol. The molecule has 19 heavy (non-hydrogen) atoms. The number of aliphatic hydroxyl groups is 1. The van der Waals surface area contributed by atoms with Gasteiger partial charge in [-0.3, -0.25) is 0 Å². The Hall–Kier alpha value is -1.46. The molecule has 0 saturated heterocycles. The van der Waals surface area contributed by atoms with Crippen molar-refractivity contribution in [1.82, 2.24) is 5.32 Å². The maximum Gasteiger partial charge on any atom is 0.319 e. The lowest BCUT2D eigenvalue weighted by atomic mass is 9.80. The van der Waals surface area contributed by atoms with Crippen molar-refractivity contribution in [3.63, 3.8) is 0 Å². The van der Waals surface area contributed by atoms with E-state index in [0.29, 0.717) is 16.5 Å². The molecule has 1 aromatic carbocycles. The van der Waals surface area contributed by atoms with E-state index in [1.54, 1.807) is 18.2 Å². The standard InChI is InChI=1S/C13H17ClN2O3/c1-19-11-4-3-9(7-10(11)14)16-12(17)15-8-13(18)5-2-6-13/h3-4,7,18H,2,5-6,8H2,1H3,(H2,15,16,17). The van der Waals surface area contributed by atoms with Gasteiger partial charge < -0.3 is 20.5 Å². The second-order valence-electron chi connectivity index (χ2n) is 4.73. The number of carbonyl (C=O) groups excluding carboxylic acids is 1. The van der Waals surface area contributed by atoms with Crippen molar-refractivity contribution in [2.45, 2.75) is 24.9 Å². The Balaban J connectivity index is 1.86.